The van der Waals surface area contributed by atoms with Crippen molar-refractivity contribution in [3.63, 3.8) is 0 Å². The molecule has 0 atom stereocenters. The van der Waals surface area contributed by atoms with E-state index in [2.05, 4.69) is 43.5 Å². The molecule has 0 saturated heterocycles. The Balaban J connectivity index is 0.000000157. The fourth-order valence-electron chi connectivity index (χ4n) is 6.53. The van der Waals surface area contributed by atoms with E-state index in [1.807, 2.05) is 123 Å². The van der Waals surface area contributed by atoms with Crippen LogP contribution >= 0.6 is 23.5 Å². The number of aromatic nitrogens is 6. The number of carbonyl (C=O) groups is 2. The summed E-state index contributed by atoms with van der Waals surface area (Å²) in [6, 6.07) is 28.0. The minimum absolute atomic E-state index is 0.0759. The van der Waals surface area contributed by atoms with E-state index < -0.39 is 10.8 Å². The minimum atomic E-state index is -0.489. The van der Waals surface area contributed by atoms with Crippen LogP contribution in [0.1, 0.15) is 62.3 Å². The Kier molecular flexibility index (Phi) is 8.27. The molecule has 0 spiro atoms. The summed E-state index contributed by atoms with van der Waals surface area (Å²) in [5, 5.41) is 2.19. The summed E-state index contributed by atoms with van der Waals surface area (Å²) >= 11 is 2.40. The third kappa shape index (κ3) is 5.52. The van der Waals surface area contributed by atoms with E-state index in [1.165, 1.54) is 23.5 Å². The molecule has 0 N–H and O–H groups in total. The quantitative estimate of drug-likeness (QED) is 0.178. The molecule has 0 radical (unpaired) electrons. The van der Waals surface area contributed by atoms with Gasteiger partial charge in [-0.2, -0.15) is 17.5 Å². The van der Waals surface area contributed by atoms with E-state index in [4.69, 9.17) is 0 Å². The molecule has 0 aliphatic rings. The standard InChI is InChI=1S/2C20H19N3OS/c2*1-12-13-8-5-6-11-16(13)23(19(24)20(2,3)4)18(12)14-9-7-10-15-17(14)22-25-21-15/h2*5-11H,1-4H3. The molecule has 4 heterocycles. The first-order valence-corrected chi connectivity index (χ1v) is 18.0. The number of hydrogen-bond acceptors (Lipinski definition) is 8. The topological polar surface area (TPSA) is 95.6 Å². The van der Waals surface area contributed by atoms with Crippen molar-refractivity contribution in [1.29, 1.82) is 0 Å². The number of benzene rings is 4. The second-order valence-corrected chi connectivity index (χ2v) is 15.7. The van der Waals surface area contributed by atoms with E-state index in [1.54, 1.807) is 0 Å². The fraction of sp³-hybridized carbons (Fsp3) is 0.250. The Morgan fingerprint density at radius 2 is 0.900 bits per heavy atom. The summed E-state index contributed by atoms with van der Waals surface area (Å²) in [7, 11) is 0. The third-order valence-electron chi connectivity index (χ3n) is 9.03. The lowest BCUT2D eigenvalue weighted by molar-refractivity contribution is 0.0768. The van der Waals surface area contributed by atoms with E-state index >= 15 is 0 Å². The van der Waals surface area contributed by atoms with Crippen LogP contribution in [-0.2, 0) is 0 Å². The monoisotopic (exact) mass is 698 g/mol. The van der Waals surface area contributed by atoms with Gasteiger partial charge in [0.1, 0.15) is 22.1 Å². The maximum Gasteiger partial charge on any atom is 0.236 e. The summed E-state index contributed by atoms with van der Waals surface area (Å²) in [6.07, 6.45) is 0. The Labute approximate surface area is 299 Å². The van der Waals surface area contributed by atoms with Crippen LogP contribution in [-0.4, -0.2) is 38.4 Å². The molecule has 10 heteroatoms. The smallest absolute Gasteiger partial charge is 0.236 e. The van der Waals surface area contributed by atoms with Gasteiger partial charge in [0.15, 0.2) is 0 Å². The third-order valence-corrected chi connectivity index (χ3v) is 10.1. The van der Waals surface area contributed by atoms with E-state index in [0.717, 1.165) is 77.5 Å². The average Bonchev–Trinajstić information content (AvgIpc) is 3.88. The van der Waals surface area contributed by atoms with Crippen molar-refractivity contribution in [3.05, 3.63) is 96.1 Å². The van der Waals surface area contributed by atoms with Crippen molar-refractivity contribution < 1.29 is 9.59 Å². The second kappa shape index (κ2) is 12.4. The van der Waals surface area contributed by atoms with Gasteiger partial charge in [-0.25, -0.2) is 0 Å². The second-order valence-electron chi connectivity index (χ2n) is 14.6. The molecule has 0 saturated carbocycles. The number of para-hydroxylation sites is 2. The summed E-state index contributed by atoms with van der Waals surface area (Å²) in [4.78, 5) is 26.6. The normalized spacial score (nSPS) is 12.2. The summed E-state index contributed by atoms with van der Waals surface area (Å²) < 4.78 is 21.4. The fourth-order valence-corrected chi connectivity index (χ4v) is 7.63. The van der Waals surface area contributed by atoms with E-state index in [-0.39, 0.29) is 11.8 Å². The van der Waals surface area contributed by atoms with Crippen molar-refractivity contribution in [1.82, 2.24) is 26.6 Å². The van der Waals surface area contributed by atoms with Crippen LogP contribution in [0.15, 0.2) is 84.9 Å². The van der Waals surface area contributed by atoms with Gasteiger partial charge < -0.3 is 0 Å². The molecule has 0 fully saturated rings. The van der Waals surface area contributed by atoms with Crippen LogP contribution < -0.4 is 0 Å². The lowest BCUT2D eigenvalue weighted by Gasteiger charge is -2.20. The lowest BCUT2D eigenvalue weighted by atomic mass is 9.95. The maximum absolute atomic E-state index is 13.3. The van der Waals surface area contributed by atoms with E-state index in [0.29, 0.717) is 0 Å². The van der Waals surface area contributed by atoms with Gasteiger partial charge in [-0.1, -0.05) is 102 Å². The SMILES string of the molecule is Cc1c(-c2cccc3nsnc23)n(C(=O)C(C)(C)C)c2ccccc12.Cc1c(-c2cccc3nsnc23)n(C(=O)C(C)(C)C)c2ccccc12. The van der Waals surface area contributed by atoms with Crippen molar-refractivity contribution in [2.24, 2.45) is 10.8 Å². The summed E-state index contributed by atoms with van der Waals surface area (Å²) in [5.41, 5.74) is 10.3. The van der Waals surface area contributed by atoms with Gasteiger partial charge in [-0.05, 0) is 49.2 Å². The summed E-state index contributed by atoms with van der Waals surface area (Å²) in [5.74, 6) is 0.152. The van der Waals surface area contributed by atoms with Gasteiger partial charge >= 0.3 is 0 Å². The molecule has 0 aliphatic carbocycles. The number of hydrogen-bond donors (Lipinski definition) is 0. The molecule has 4 aromatic heterocycles. The predicted molar refractivity (Wildman–Crippen MR) is 206 cm³/mol. The average molecular weight is 699 g/mol. The van der Waals surface area contributed by atoms with Gasteiger partial charge in [-0.3, -0.25) is 18.7 Å². The predicted octanol–water partition coefficient (Wildman–Crippen LogP) is 10.6. The molecule has 8 nitrogen and oxygen atoms in total. The highest BCUT2D eigenvalue weighted by molar-refractivity contribution is 7.00. The molecular formula is C40H38N6O2S2. The molecule has 0 unspecified atom stereocenters. The first-order valence-electron chi connectivity index (χ1n) is 16.5. The highest BCUT2D eigenvalue weighted by atomic mass is 32.1. The van der Waals surface area contributed by atoms with Crippen LogP contribution in [0.25, 0.3) is 66.4 Å². The Hall–Kier alpha value is -5.06. The number of carbonyl (C=O) groups excluding carboxylic acids is 2. The minimum Gasteiger partial charge on any atom is -0.279 e. The van der Waals surface area contributed by atoms with Crippen molar-refractivity contribution >= 4 is 79.1 Å². The number of fused-ring (bicyclic) bond motifs is 4. The summed E-state index contributed by atoms with van der Waals surface area (Å²) in [6.45, 7) is 15.9. The molecule has 0 bridgehead atoms. The first kappa shape index (κ1) is 33.4. The molecule has 8 aromatic rings. The van der Waals surface area contributed by atoms with E-state index in [9.17, 15) is 9.59 Å². The maximum atomic E-state index is 13.3. The van der Waals surface area contributed by atoms with Crippen LogP contribution in [0, 0.1) is 24.7 Å². The van der Waals surface area contributed by atoms with Crippen molar-refractivity contribution in [2.45, 2.75) is 55.4 Å². The molecule has 8 rings (SSSR count). The zero-order valence-corrected chi connectivity index (χ0v) is 31.0. The van der Waals surface area contributed by atoms with Gasteiger partial charge in [0, 0.05) is 32.7 Å². The van der Waals surface area contributed by atoms with Crippen molar-refractivity contribution in [3.8, 4) is 22.5 Å². The van der Waals surface area contributed by atoms with Crippen LogP contribution in [0.2, 0.25) is 0 Å². The Morgan fingerprint density at radius 3 is 1.28 bits per heavy atom. The Morgan fingerprint density at radius 1 is 0.520 bits per heavy atom. The molecule has 0 amide bonds. The van der Waals surface area contributed by atoms with Gasteiger partial charge in [0.25, 0.3) is 0 Å². The molecule has 0 aliphatic heterocycles. The molecular weight excluding hydrogens is 661 g/mol. The van der Waals surface area contributed by atoms with Crippen LogP contribution in [0.3, 0.4) is 0 Å². The van der Waals surface area contributed by atoms with Crippen LogP contribution in [0.5, 0.6) is 0 Å². The zero-order chi connectivity index (χ0) is 35.5. The largest absolute Gasteiger partial charge is 0.279 e. The number of nitrogens with zero attached hydrogens (tertiary/aromatic N) is 6. The number of rotatable bonds is 2. The highest BCUT2D eigenvalue weighted by Crippen LogP contribution is 2.39. The van der Waals surface area contributed by atoms with Gasteiger partial charge in [0.2, 0.25) is 11.8 Å². The highest BCUT2D eigenvalue weighted by Gasteiger charge is 2.31. The number of aryl methyl sites for hydroxylation is 2. The molecule has 252 valence electrons. The molecule has 4 aromatic carbocycles. The Bertz CT molecular complexity index is 2410. The van der Waals surface area contributed by atoms with Crippen LogP contribution in [0.4, 0.5) is 0 Å². The van der Waals surface area contributed by atoms with Crippen molar-refractivity contribution in [2.75, 3.05) is 0 Å². The zero-order valence-electron chi connectivity index (χ0n) is 29.4. The molecule has 50 heavy (non-hydrogen) atoms. The van der Waals surface area contributed by atoms with Gasteiger partial charge in [0.05, 0.1) is 45.9 Å². The first-order chi connectivity index (χ1) is 23.8. The van der Waals surface area contributed by atoms with Gasteiger partial charge in [-0.15, -0.1) is 0 Å². The lowest BCUT2D eigenvalue weighted by Crippen LogP contribution is -2.27.